The van der Waals surface area contributed by atoms with Gasteiger partial charge in [0.2, 0.25) is 0 Å². The Bertz CT molecular complexity index is 917. The average Bonchev–Trinajstić information content (AvgIpc) is 2.98. The van der Waals surface area contributed by atoms with E-state index in [4.69, 9.17) is 0 Å². The van der Waals surface area contributed by atoms with Gasteiger partial charge < -0.3 is 9.67 Å². The molecule has 0 saturated heterocycles. The number of hydrogen-bond donors (Lipinski definition) is 1. The maximum atomic E-state index is 10.1. The molecule has 0 saturated carbocycles. The van der Waals surface area contributed by atoms with Crippen molar-refractivity contribution in [2.75, 3.05) is 0 Å². The average molecular weight is 330 g/mol. The van der Waals surface area contributed by atoms with Gasteiger partial charge >= 0.3 is 0 Å². The smallest absolute Gasteiger partial charge is 0.140 e. The van der Waals surface area contributed by atoms with Crippen LogP contribution in [0.15, 0.2) is 73.5 Å². The topological polar surface area (TPSA) is 38.0 Å². The minimum atomic E-state index is 0.307. The number of benzene rings is 2. The van der Waals surface area contributed by atoms with Gasteiger partial charge in [-0.15, -0.1) is 0 Å². The van der Waals surface area contributed by atoms with Gasteiger partial charge in [0.15, 0.2) is 0 Å². The van der Waals surface area contributed by atoms with E-state index in [2.05, 4.69) is 47.3 Å². The molecule has 0 amide bonds. The summed E-state index contributed by atoms with van der Waals surface area (Å²) in [4.78, 5) is 4.57. The normalized spacial score (nSPS) is 11.5. The second-order valence-electron chi connectivity index (χ2n) is 6.10. The summed E-state index contributed by atoms with van der Waals surface area (Å²) >= 11 is 0. The van der Waals surface area contributed by atoms with Gasteiger partial charge in [0.25, 0.3) is 0 Å². The van der Waals surface area contributed by atoms with Crippen LogP contribution in [0.2, 0.25) is 0 Å². The van der Waals surface area contributed by atoms with Crippen LogP contribution in [0.5, 0.6) is 5.75 Å². The summed E-state index contributed by atoms with van der Waals surface area (Å²) in [6.45, 7) is 8.43. The lowest BCUT2D eigenvalue weighted by Gasteiger charge is -2.12. The van der Waals surface area contributed by atoms with E-state index in [1.165, 1.54) is 11.1 Å². The maximum Gasteiger partial charge on any atom is 0.140 e. The number of aromatic hydroxyl groups is 1. The van der Waals surface area contributed by atoms with Gasteiger partial charge in [-0.1, -0.05) is 61.2 Å². The Kier molecular flexibility index (Phi) is 4.85. The zero-order chi connectivity index (χ0) is 17.8. The fourth-order valence-corrected chi connectivity index (χ4v) is 2.86. The molecule has 126 valence electrons. The van der Waals surface area contributed by atoms with Gasteiger partial charge in [-0.05, 0) is 31.1 Å². The Morgan fingerprint density at radius 3 is 2.56 bits per heavy atom. The van der Waals surface area contributed by atoms with Gasteiger partial charge in [0.1, 0.15) is 11.6 Å². The van der Waals surface area contributed by atoms with Crippen molar-refractivity contribution in [1.29, 1.82) is 0 Å². The number of para-hydroxylation sites is 1. The lowest BCUT2D eigenvalue weighted by atomic mass is 10.0. The minimum absolute atomic E-state index is 0.307. The van der Waals surface area contributed by atoms with E-state index in [0.29, 0.717) is 12.3 Å². The summed E-state index contributed by atoms with van der Waals surface area (Å²) in [7, 11) is 0. The lowest BCUT2D eigenvalue weighted by Crippen LogP contribution is -2.04. The quantitative estimate of drug-likeness (QED) is 0.653. The highest BCUT2D eigenvalue weighted by Crippen LogP contribution is 2.25. The second kappa shape index (κ2) is 7.22. The first-order valence-electron chi connectivity index (χ1n) is 8.29. The Morgan fingerprint density at radius 1 is 1.16 bits per heavy atom. The SMILES string of the molecule is C=C/C=C(\C)c1ccc(-c2ncc(C)n2Cc2ccccc2O)cc1. The molecule has 3 heteroatoms. The van der Waals surface area contributed by atoms with Crippen molar-refractivity contribution in [3.63, 3.8) is 0 Å². The highest BCUT2D eigenvalue weighted by atomic mass is 16.3. The molecule has 3 aromatic rings. The Balaban J connectivity index is 1.95. The van der Waals surface area contributed by atoms with Crippen molar-refractivity contribution < 1.29 is 5.11 Å². The largest absolute Gasteiger partial charge is 0.508 e. The number of aryl methyl sites for hydroxylation is 1. The molecule has 0 unspecified atom stereocenters. The molecule has 3 nitrogen and oxygen atoms in total. The molecule has 0 atom stereocenters. The molecule has 0 spiro atoms. The molecule has 0 aliphatic heterocycles. The summed E-state index contributed by atoms with van der Waals surface area (Å²) in [6, 6.07) is 15.8. The minimum Gasteiger partial charge on any atom is -0.508 e. The first-order valence-corrected chi connectivity index (χ1v) is 8.29. The fraction of sp³-hybridized carbons (Fsp3) is 0.136. The molecule has 0 fully saturated rings. The van der Waals surface area contributed by atoms with Crippen molar-refractivity contribution in [3.05, 3.63) is 90.3 Å². The molecule has 0 radical (unpaired) electrons. The van der Waals surface area contributed by atoms with Crippen LogP contribution in [-0.2, 0) is 6.54 Å². The van der Waals surface area contributed by atoms with Crippen LogP contribution in [-0.4, -0.2) is 14.7 Å². The highest BCUT2D eigenvalue weighted by molar-refractivity contribution is 5.68. The van der Waals surface area contributed by atoms with Crippen molar-refractivity contribution in [3.8, 4) is 17.1 Å². The van der Waals surface area contributed by atoms with Crippen molar-refractivity contribution in [1.82, 2.24) is 9.55 Å². The molecule has 1 N–H and O–H groups in total. The lowest BCUT2D eigenvalue weighted by molar-refractivity contribution is 0.466. The number of phenolic OH excluding ortho intramolecular Hbond substituents is 1. The van der Waals surface area contributed by atoms with E-state index in [-0.39, 0.29) is 0 Å². The van der Waals surface area contributed by atoms with Gasteiger partial charge in [0.05, 0.1) is 6.54 Å². The van der Waals surface area contributed by atoms with E-state index in [1.807, 2.05) is 37.4 Å². The Labute approximate surface area is 148 Å². The molecular formula is C22H22N2O. The van der Waals surface area contributed by atoms with Gasteiger partial charge in [0, 0.05) is 23.0 Å². The van der Waals surface area contributed by atoms with Crippen LogP contribution < -0.4 is 0 Å². The van der Waals surface area contributed by atoms with Gasteiger partial charge in [-0.25, -0.2) is 4.98 Å². The molecule has 0 aliphatic carbocycles. The Morgan fingerprint density at radius 2 is 1.88 bits per heavy atom. The standard InChI is InChI=1S/C22H22N2O/c1-4-7-16(2)18-10-12-19(13-11-18)22-23-14-17(3)24(22)15-20-8-5-6-9-21(20)25/h4-14,25H,1,15H2,2-3H3/b16-7+. The van der Waals surface area contributed by atoms with E-state index in [9.17, 15) is 5.11 Å². The summed E-state index contributed by atoms with van der Waals surface area (Å²) < 4.78 is 2.12. The molecule has 25 heavy (non-hydrogen) atoms. The van der Waals surface area contributed by atoms with E-state index < -0.39 is 0 Å². The number of nitrogens with zero attached hydrogens (tertiary/aromatic N) is 2. The molecule has 3 rings (SSSR count). The number of rotatable bonds is 5. The fourth-order valence-electron chi connectivity index (χ4n) is 2.86. The number of allylic oxidation sites excluding steroid dienone is 3. The van der Waals surface area contributed by atoms with Crippen LogP contribution in [0.25, 0.3) is 17.0 Å². The third kappa shape index (κ3) is 3.56. The number of hydrogen-bond acceptors (Lipinski definition) is 2. The van der Waals surface area contributed by atoms with Crippen LogP contribution >= 0.6 is 0 Å². The number of aromatic nitrogens is 2. The predicted molar refractivity (Wildman–Crippen MR) is 103 cm³/mol. The summed E-state index contributed by atoms with van der Waals surface area (Å²) in [5, 5.41) is 10.1. The van der Waals surface area contributed by atoms with Crippen molar-refractivity contribution >= 4 is 5.57 Å². The van der Waals surface area contributed by atoms with Crippen LogP contribution in [0.4, 0.5) is 0 Å². The maximum absolute atomic E-state index is 10.1. The summed E-state index contributed by atoms with van der Waals surface area (Å²) in [6.07, 6.45) is 5.66. The third-order valence-electron chi connectivity index (χ3n) is 4.34. The summed E-state index contributed by atoms with van der Waals surface area (Å²) in [5.41, 5.74) is 5.34. The summed E-state index contributed by atoms with van der Waals surface area (Å²) in [5.74, 6) is 1.21. The monoisotopic (exact) mass is 330 g/mol. The predicted octanol–water partition coefficient (Wildman–Crippen LogP) is 5.20. The second-order valence-corrected chi connectivity index (χ2v) is 6.10. The third-order valence-corrected chi connectivity index (χ3v) is 4.34. The Hall–Kier alpha value is -3.07. The van der Waals surface area contributed by atoms with E-state index in [1.54, 1.807) is 12.1 Å². The van der Waals surface area contributed by atoms with Crippen LogP contribution in [0, 0.1) is 6.92 Å². The highest BCUT2D eigenvalue weighted by Gasteiger charge is 2.11. The van der Waals surface area contributed by atoms with Crippen LogP contribution in [0.3, 0.4) is 0 Å². The van der Waals surface area contributed by atoms with Crippen molar-refractivity contribution in [2.45, 2.75) is 20.4 Å². The van der Waals surface area contributed by atoms with Gasteiger partial charge in [-0.3, -0.25) is 0 Å². The molecule has 0 bridgehead atoms. The number of imidazole rings is 1. The zero-order valence-electron chi connectivity index (χ0n) is 14.6. The first kappa shape index (κ1) is 16.8. The molecular weight excluding hydrogens is 308 g/mol. The van der Waals surface area contributed by atoms with Gasteiger partial charge in [-0.2, -0.15) is 0 Å². The molecule has 0 aliphatic rings. The molecule has 1 heterocycles. The first-order chi connectivity index (χ1) is 12.1. The van der Waals surface area contributed by atoms with Crippen molar-refractivity contribution in [2.24, 2.45) is 0 Å². The van der Waals surface area contributed by atoms with E-state index >= 15 is 0 Å². The van der Waals surface area contributed by atoms with Crippen LogP contribution in [0.1, 0.15) is 23.7 Å². The van der Waals surface area contributed by atoms with E-state index in [0.717, 1.165) is 22.6 Å². The number of phenols is 1. The zero-order valence-corrected chi connectivity index (χ0v) is 14.6. The molecule has 1 aromatic heterocycles. The molecule has 2 aromatic carbocycles.